The third kappa shape index (κ3) is 4.14. The van der Waals surface area contributed by atoms with Crippen LogP contribution in [-0.4, -0.2) is 58.7 Å². The standard InChI is InChI=1S/C11H20N6O/c12-8-13-11-14-9-17(10-15-11)3-1-2-16-4-6-18-7-5-16/h1-7,9-10H2,(H2,13,14,15)/p+3. The van der Waals surface area contributed by atoms with Gasteiger partial charge in [-0.3, -0.25) is 4.90 Å². The number of nitrogens with one attached hydrogen (secondary N) is 5. The highest BCUT2D eigenvalue weighted by Gasteiger charge is 2.20. The van der Waals surface area contributed by atoms with Crippen molar-refractivity contribution in [2.75, 3.05) is 52.7 Å². The smallest absolute Gasteiger partial charge is 0.366 e. The van der Waals surface area contributed by atoms with Gasteiger partial charge in [0.15, 0.2) is 13.3 Å². The lowest BCUT2D eigenvalue weighted by Gasteiger charge is -2.25. The van der Waals surface area contributed by atoms with Crippen molar-refractivity contribution in [3.63, 3.8) is 0 Å². The predicted octanol–water partition coefficient (Wildman–Crippen LogP) is -5.80. The molecule has 1 unspecified atom stereocenters. The van der Waals surface area contributed by atoms with Crippen LogP contribution < -0.4 is 25.4 Å². The van der Waals surface area contributed by atoms with Crippen molar-refractivity contribution in [3.05, 3.63) is 0 Å². The van der Waals surface area contributed by atoms with Crippen molar-refractivity contribution in [3.8, 4) is 6.19 Å². The second-order valence-electron chi connectivity index (χ2n) is 4.78. The molecule has 100 valence electrons. The molecule has 18 heavy (non-hydrogen) atoms. The monoisotopic (exact) mass is 255 g/mol. The van der Waals surface area contributed by atoms with E-state index < -0.39 is 0 Å². The van der Waals surface area contributed by atoms with Crippen LogP contribution in [0.2, 0.25) is 0 Å². The van der Waals surface area contributed by atoms with Crippen LogP contribution in [0, 0.1) is 11.5 Å². The maximum atomic E-state index is 8.49. The van der Waals surface area contributed by atoms with Crippen LogP contribution in [0.3, 0.4) is 0 Å². The summed E-state index contributed by atoms with van der Waals surface area (Å²) in [6.45, 7) is 8.25. The molecular weight excluding hydrogens is 232 g/mol. The Hall–Kier alpha value is -1.36. The molecule has 0 spiro atoms. The molecule has 7 nitrogen and oxygen atoms in total. The van der Waals surface area contributed by atoms with E-state index in [1.54, 1.807) is 4.90 Å². The lowest BCUT2D eigenvalue weighted by atomic mass is 10.3. The molecule has 0 aromatic heterocycles. The average Bonchev–Trinajstić information content (AvgIpc) is 2.42. The number of hydrogen-bond donors (Lipinski definition) is 5. The Balaban J connectivity index is 1.59. The fraction of sp³-hybridized carbons (Fsp3) is 0.818. The summed E-state index contributed by atoms with van der Waals surface area (Å²) in [6, 6.07) is 0. The number of hydrogen-bond acceptors (Lipinski definition) is 4. The van der Waals surface area contributed by atoms with Gasteiger partial charge in [-0.1, -0.05) is 0 Å². The molecule has 0 radical (unpaired) electrons. The van der Waals surface area contributed by atoms with Crippen LogP contribution in [-0.2, 0) is 4.74 Å². The van der Waals surface area contributed by atoms with Crippen LogP contribution in [0.25, 0.3) is 0 Å². The van der Waals surface area contributed by atoms with Crippen LogP contribution in [0.5, 0.6) is 0 Å². The molecule has 0 aromatic rings. The van der Waals surface area contributed by atoms with Crippen molar-refractivity contribution in [2.24, 2.45) is 0 Å². The molecule has 2 aliphatic rings. The number of ether oxygens (including phenoxy) is 1. The van der Waals surface area contributed by atoms with E-state index in [1.807, 2.05) is 6.19 Å². The maximum absolute atomic E-state index is 8.49. The van der Waals surface area contributed by atoms with E-state index in [0.29, 0.717) is 0 Å². The molecule has 0 aliphatic carbocycles. The Kier molecular flexibility index (Phi) is 5.20. The molecule has 1 fully saturated rings. The Labute approximate surface area is 107 Å². The Morgan fingerprint density at radius 1 is 1.33 bits per heavy atom. The summed E-state index contributed by atoms with van der Waals surface area (Å²) in [5, 5.41) is 14.2. The number of nitriles is 1. The molecule has 0 aromatic carbocycles. The van der Waals surface area contributed by atoms with Gasteiger partial charge in [0, 0.05) is 6.42 Å². The Morgan fingerprint density at radius 2 is 2.11 bits per heavy atom. The van der Waals surface area contributed by atoms with Crippen LogP contribution in [0.4, 0.5) is 0 Å². The van der Waals surface area contributed by atoms with Gasteiger partial charge in [-0.15, -0.1) is 0 Å². The summed E-state index contributed by atoms with van der Waals surface area (Å²) in [5.41, 5.74) is 0. The predicted molar refractivity (Wildman–Crippen MR) is 64.4 cm³/mol. The lowest BCUT2D eigenvalue weighted by molar-refractivity contribution is -0.984. The highest BCUT2D eigenvalue weighted by atomic mass is 16.5. The van der Waals surface area contributed by atoms with Crippen molar-refractivity contribution in [1.82, 2.24) is 10.6 Å². The average molecular weight is 255 g/mol. The van der Waals surface area contributed by atoms with E-state index in [2.05, 4.69) is 15.6 Å². The van der Waals surface area contributed by atoms with Gasteiger partial charge < -0.3 is 9.64 Å². The molecule has 7 heteroatoms. The summed E-state index contributed by atoms with van der Waals surface area (Å²) in [7, 11) is 0. The molecule has 0 saturated carbocycles. The van der Waals surface area contributed by atoms with Gasteiger partial charge in [0.05, 0.1) is 26.3 Å². The van der Waals surface area contributed by atoms with Crippen LogP contribution in [0.15, 0.2) is 0 Å². The van der Waals surface area contributed by atoms with Gasteiger partial charge in [0.25, 0.3) is 6.19 Å². The Morgan fingerprint density at radius 3 is 2.78 bits per heavy atom. The minimum absolute atomic E-state index is 0.722. The first kappa shape index (κ1) is 13.1. The number of morpholine rings is 1. The van der Waals surface area contributed by atoms with E-state index in [4.69, 9.17) is 10.00 Å². The molecule has 2 aliphatic heterocycles. The molecule has 1 atom stereocenters. The van der Waals surface area contributed by atoms with E-state index >= 15 is 0 Å². The second kappa shape index (κ2) is 7.16. The van der Waals surface area contributed by atoms with Crippen molar-refractivity contribution in [2.45, 2.75) is 6.42 Å². The molecule has 0 bridgehead atoms. The molecular formula is C11H23N6O+3. The fourth-order valence-corrected chi connectivity index (χ4v) is 2.37. The van der Waals surface area contributed by atoms with E-state index in [9.17, 15) is 0 Å². The first-order valence-corrected chi connectivity index (χ1v) is 6.63. The van der Waals surface area contributed by atoms with E-state index in [-0.39, 0.29) is 0 Å². The zero-order valence-electron chi connectivity index (χ0n) is 10.7. The highest BCUT2D eigenvalue weighted by molar-refractivity contribution is 5.75. The SMILES string of the molecule is N#CNC1=[NH+]C[NH+](CCC[NH+]2CCOCC2)CN1. The van der Waals surface area contributed by atoms with Crippen LogP contribution in [0.1, 0.15) is 6.42 Å². The normalized spacial score (nSPS) is 24.8. The van der Waals surface area contributed by atoms with Crippen molar-refractivity contribution < 1.29 is 19.5 Å². The summed E-state index contributed by atoms with van der Waals surface area (Å²) >= 11 is 0. The topological polar surface area (TPSA) is 79.9 Å². The van der Waals surface area contributed by atoms with Crippen molar-refractivity contribution in [1.29, 1.82) is 5.26 Å². The molecule has 5 N–H and O–H groups in total. The van der Waals surface area contributed by atoms with Gasteiger partial charge in [-0.05, 0) is 0 Å². The number of rotatable bonds is 4. The third-order valence-electron chi connectivity index (χ3n) is 3.47. The largest absolute Gasteiger partial charge is 0.370 e. The Bertz CT molecular complexity index is 320. The molecule has 2 rings (SSSR count). The third-order valence-corrected chi connectivity index (χ3v) is 3.47. The number of guanidine groups is 1. The first-order chi connectivity index (χ1) is 8.88. The van der Waals surface area contributed by atoms with E-state index in [1.165, 1.54) is 17.9 Å². The minimum Gasteiger partial charge on any atom is -0.370 e. The van der Waals surface area contributed by atoms with E-state index in [0.717, 1.165) is 52.1 Å². The number of quaternary nitrogens is 2. The van der Waals surface area contributed by atoms with Gasteiger partial charge in [-0.2, -0.15) is 10.6 Å². The minimum atomic E-state index is 0.722. The lowest BCUT2D eigenvalue weighted by Crippen LogP contribution is -3.24. The quantitative estimate of drug-likeness (QED) is 0.256. The zero-order valence-corrected chi connectivity index (χ0v) is 10.7. The molecule has 1 saturated heterocycles. The zero-order chi connectivity index (χ0) is 12.6. The van der Waals surface area contributed by atoms with Gasteiger partial charge in [-0.25, -0.2) is 10.3 Å². The second-order valence-corrected chi connectivity index (χ2v) is 4.78. The van der Waals surface area contributed by atoms with Gasteiger partial charge >= 0.3 is 5.96 Å². The van der Waals surface area contributed by atoms with Crippen LogP contribution >= 0.6 is 0 Å². The summed E-state index contributed by atoms with van der Waals surface area (Å²) in [6.07, 6.45) is 3.13. The summed E-state index contributed by atoms with van der Waals surface area (Å²) < 4.78 is 5.35. The summed E-state index contributed by atoms with van der Waals surface area (Å²) in [4.78, 5) is 6.31. The highest BCUT2D eigenvalue weighted by Crippen LogP contribution is 1.76. The summed E-state index contributed by atoms with van der Waals surface area (Å²) in [5.74, 6) is 0.722. The first-order valence-electron chi connectivity index (χ1n) is 6.63. The molecule has 2 heterocycles. The van der Waals surface area contributed by atoms with Gasteiger partial charge in [0.2, 0.25) is 0 Å². The molecule has 0 amide bonds. The van der Waals surface area contributed by atoms with Crippen molar-refractivity contribution >= 4 is 5.96 Å². The fourth-order valence-electron chi connectivity index (χ4n) is 2.37. The maximum Gasteiger partial charge on any atom is 0.366 e. The number of nitrogens with zero attached hydrogens (tertiary/aromatic N) is 1. The van der Waals surface area contributed by atoms with Gasteiger partial charge in [0.1, 0.15) is 13.1 Å².